The summed E-state index contributed by atoms with van der Waals surface area (Å²) in [6, 6.07) is 77.5. The topological polar surface area (TPSA) is 3.24 Å². The number of benzene rings is 9. The summed E-state index contributed by atoms with van der Waals surface area (Å²) in [6.07, 6.45) is 0. The normalized spacial score (nSPS) is 12.6. The SMILES string of the molecule is CC1(C)c2ccc(-c3ccccc3)cc2-c2cc(N(c3ccc(-c4ccccc4)cc3)c3ccccc3-c3ccc(-c4ccccc4)cc3)c3ccccc3c21. The highest BCUT2D eigenvalue weighted by molar-refractivity contribution is 6.08. The Hall–Kier alpha value is -6.96. The third-order valence-electron chi connectivity index (χ3n) is 11.7. The molecule has 0 radical (unpaired) electrons. The number of anilines is 3. The first-order chi connectivity index (χ1) is 27.5. The highest BCUT2D eigenvalue weighted by Gasteiger charge is 2.38. The van der Waals surface area contributed by atoms with Crippen molar-refractivity contribution >= 4 is 27.8 Å². The Morgan fingerprint density at radius 2 is 0.786 bits per heavy atom. The highest BCUT2D eigenvalue weighted by atomic mass is 15.1. The smallest absolute Gasteiger partial charge is 0.0546 e. The second-order valence-corrected chi connectivity index (χ2v) is 15.3. The number of para-hydroxylation sites is 1. The van der Waals surface area contributed by atoms with E-state index in [0.29, 0.717) is 0 Å². The largest absolute Gasteiger partial charge is 0.309 e. The molecule has 10 rings (SSSR count). The molecule has 0 aliphatic heterocycles. The third kappa shape index (κ3) is 5.72. The first-order valence-corrected chi connectivity index (χ1v) is 19.5. The van der Waals surface area contributed by atoms with Crippen molar-refractivity contribution in [2.75, 3.05) is 4.90 Å². The Morgan fingerprint density at radius 3 is 1.41 bits per heavy atom. The third-order valence-corrected chi connectivity index (χ3v) is 11.7. The maximum absolute atomic E-state index is 2.49. The zero-order valence-electron chi connectivity index (χ0n) is 31.7. The lowest BCUT2D eigenvalue weighted by molar-refractivity contribution is 0.666. The van der Waals surface area contributed by atoms with Gasteiger partial charge in [0.15, 0.2) is 0 Å². The Kier molecular flexibility index (Phi) is 8.23. The Morgan fingerprint density at radius 1 is 0.321 bits per heavy atom. The van der Waals surface area contributed by atoms with Gasteiger partial charge in [0, 0.05) is 22.1 Å². The lowest BCUT2D eigenvalue weighted by Crippen LogP contribution is -2.16. The number of nitrogens with zero attached hydrogens (tertiary/aromatic N) is 1. The molecule has 0 unspecified atom stereocenters. The first kappa shape index (κ1) is 33.6. The molecular formula is C55H41N. The zero-order chi connectivity index (χ0) is 37.6. The van der Waals surface area contributed by atoms with Gasteiger partial charge in [0.25, 0.3) is 0 Å². The molecule has 1 heteroatoms. The summed E-state index contributed by atoms with van der Waals surface area (Å²) in [5.41, 5.74) is 18.3. The van der Waals surface area contributed by atoms with Crippen molar-refractivity contribution in [3.63, 3.8) is 0 Å². The van der Waals surface area contributed by atoms with E-state index in [0.717, 1.165) is 17.1 Å². The van der Waals surface area contributed by atoms with Crippen molar-refractivity contribution in [3.8, 4) is 55.6 Å². The van der Waals surface area contributed by atoms with Gasteiger partial charge in [-0.15, -0.1) is 0 Å². The van der Waals surface area contributed by atoms with Crippen LogP contribution >= 0.6 is 0 Å². The van der Waals surface area contributed by atoms with E-state index in [-0.39, 0.29) is 5.41 Å². The van der Waals surface area contributed by atoms with Crippen LogP contribution in [0, 0.1) is 0 Å². The van der Waals surface area contributed by atoms with E-state index in [1.807, 2.05) is 0 Å². The van der Waals surface area contributed by atoms with Crippen LogP contribution in [0.5, 0.6) is 0 Å². The Balaban J connectivity index is 1.21. The molecule has 9 aromatic carbocycles. The molecule has 0 saturated heterocycles. The fraction of sp³-hybridized carbons (Fsp3) is 0.0545. The van der Waals surface area contributed by atoms with Crippen LogP contribution in [0.1, 0.15) is 25.0 Å². The predicted molar refractivity (Wildman–Crippen MR) is 238 cm³/mol. The molecule has 0 bridgehead atoms. The first-order valence-electron chi connectivity index (χ1n) is 19.5. The summed E-state index contributed by atoms with van der Waals surface area (Å²) in [5, 5.41) is 2.52. The van der Waals surface area contributed by atoms with Gasteiger partial charge in [-0.2, -0.15) is 0 Å². The van der Waals surface area contributed by atoms with Crippen LogP contribution < -0.4 is 4.90 Å². The molecule has 0 saturated carbocycles. The number of fused-ring (bicyclic) bond motifs is 5. The molecule has 0 heterocycles. The monoisotopic (exact) mass is 715 g/mol. The number of rotatable bonds is 7. The van der Waals surface area contributed by atoms with Crippen molar-refractivity contribution < 1.29 is 0 Å². The van der Waals surface area contributed by atoms with Crippen molar-refractivity contribution in [1.82, 2.24) is 0 Å². The fourth-order valence-corrected chi connectivity index (χ4v) is 8.91. The minimum atomic E-state index is -0.168. The lowest BCUT2D eigenvalue weighted by Gasteiger charge is -2.31. The second kappa shape index (κ2) is 13.7. The fourth-order valence-electron chi connectivity index (χ4n) is 8.91. The van der Waals surface area contributed by atoms with E-state index in [1.165, 1.54) is 77.5 Å². The van der Waals surface area contributed by atoms with Gasteiger partial charge in [-0.05, 0) is 96.9 Å². The summed E-state index contributed by atoms with van der Waals surface area (Å²) < 4.78 is 0. The van der Waals surface area contributed by atoms with Crippen LogP contribution in [0.4, 0.5) is 17.1 Å². The number of hydrogen-bond donors (Lipinski definition) is 0. The Labute approximate surface area is 329 Å². The molecule has 56 heavy (non-hydrogen) atoms. The molecule has 1 aliphatic rings. The molecule has 0 amide bonds. The lowest BCUT2D eigenvalue weighted by atomic mass is 9.79. The quantitative estimate of drug-likeness (QED) is 0.159. The molecule has 266 valence electrons. The molecule has 9 aromatic rings. The zero-order valence-corrected chi connectivity index (χ0v) is 31.7. The molecule has 0 fully saturated rings. The maximum Gasteiger partial charge on any atom is 0.0546 e. The van der Waals surface area contributed by atoms with Gasteiger partial charge in [0.2, 0.25) is 0 Å². The van der Waals surface area contributed by atoms with Crippen molar-refractivity contribution in [2.45, 2.75) is 19.3 Å². The maximum atomic E-state index is 2.49. The highest BCUT2D eigenvalue weighted by Crippen LogP contribution is 2.55. The van der Waals surface area contributed by atoms with Crippen molar-refractivity contribution in [1.29, 1.82) is 0 Å². The van der Waals surface area contributed by atoms with E-state index >= 15 is 0 Å². The van der Waals surface area contributed by atoms with Gasteiger partial charge in [-0.25, -0.2) is 0 Å². The van der Waals surface area contributed by atoms with Crippen LogP contribution in [0.25, 0.3) is 66.4 Å². The predicted octanol–water partition coefficient (Wildman–Crippen LogP) is 15.3. The van der Waals surface area contributed by atoms with Crippen LogP contribution in [0.15, 0.2) is 212 Å². The molecule has 0 atom stereocenters. The molecule has 0 aromatic heterocycles. The van der Waals surface area contributed by atoms with Crippen LogP contribution in [-0.4, -0.2) is 0 Å². The Bertz CT molecular complexity index is 2840. The van der Waals surface area contributed by atoms with Gasteiger partial charge in [-0.3, -0.25) is 0 Å². The minimum absolute atomic E-state index is 0.168. The second-order valence-electron chi connectivity index (χ2n) is 15.3. The van der Waals surface area contributed by atoms with Crippen molar-refractivity contribution in [2.24, 2.45) is 0 Å². The molecule has 1 nitrogen and oxygen atoms in total. The molecular weight excluding hydrogens is 675 g/mol. The molecule has 0 spiro atoms. The van der Waals surface area contributed by atoms with E-state index in [4.69, 9.17) is 0 Å². The molecule has 1 aliphatic carbocycles. The van der Waals surface area contributed by atoms with Gasteiger partial charge >= 0.3 is 0 Å². The van der Waals surface area contributed by atoms with Gasteiger partial charge in [0.05, 0.1) is 11.4 Å². The summed E-state index contributed by atoms with van der Waals surface area (Å²) in [5.74, 6) is 0. The standard InChI is InChI=1S/C55H41N/c1-55(2)51-35-32-44(40-20-10-5-11-21-40)36-49(51)50-37-53(47-23-12-13-24-48(47)54(50)55)56(45-33-30-42(31-34-45)39-18-8-4-9-19-39)52-25-15-14-22-46(52)43-28-26-41(27-29-43)38-16-6-3-7-17-38/h3-37H,1-2H3. The van der Waals surface area contributed by atoms with E-state index in [2.05, 4.69) is 231 Å². The van der Waals surface area contributed by atoms with Gasteiger partial charge < -0.3 is 4.90 Å². The van der Waals surface area contributed by atoms with Crippen LogP contribution in [-0.2, 0) is 5.41 Å². The van der Waals surface area contributed by atoms with E-state index in [1.54, 1.807) is 0 Å². The average Bonchev–Trinajstić information content (AvgIpc) is 3.50. The van der Waals surface area contributed by atoms with Crippen LogP contribution in [0.3, 0.4) is 0 Å². The average molecular weight is 716 g/mol. The van der Waals surface area contributed by atoms with E-state index in [9.17, 15) is 0 Å². The summed E-state index contributed by atoms with van der Waals surface area (Å²) >= 11 is 0. The number of hydrogen-bond acceptors (Lipinski definition) is 1. The molecule has 0 N–H and O–H groups in total. The van der Waals surface area contributed by atoms with Crippen molar-refractivity contribution in [3.05, 3.63) is 223 Å². The minimum Gasteiger partial charge on any atom is -0.309 e. The van der Waals surface area contributed by atoms with Gasteiger partial charge in [-0.1, -0.05) is 196 Å². The van der Waals surface area contributed by atoms with E-state index < -0.39 is 0 Å². The van der Waals surface area contributed by atoms with Gasteiger partial charge in [0.1, 0.15) is 0 Å². The summed E-state index contributed by atoms with van der Waals surface area (Å²) in [6.45, 7) is 4.78. The summed E-state index contributed by atoms with van der Waals surface area (Å²) in [7, 11) is 0. The van der Waals surface area contributed by atoms with Crippen LogP contribution in [0.2, 0.25) is 0 Å². The summed E-state index contributed by atoms with van der Waals surface area (Å²) in [4.78, 5) is 2.49.